The highest BCUT2D eigenvalue weighted by Crippen LogP contribution is 2.32. The van der Waals surface area contributed by atoms with Crippen LogP contribution in [0.2, 0.25) is 0 Å². The first-order valence-corrected chi connectivity index (χ1v) is 5.24. The van der Waals surface area contributed by atoms with Crippen molar-refractivity contribution < 1.29 is 9.59 Å². The van der Waals surface area contributed by atoms with Crippen LogP contribution in [0.3, 0.4) is 0 Å². The van der Waals surface area contributed by atoms with Gasteiger partial charge < -0.3 is 9.59 Å². The molecular weight excluding hydrogens is 162 g/mol. The van der Waals surface area contributed by atoms with E-state index in [1.54, 1.807) is 0 Å². The predicted octanol–water partition coefficient (Wildman–Crippen LogP) is 1.49. The first-order chi connectivity index (χ1) is 5.70. The third-order valence-corrected chi connectivity index (χ3v) is 3.08. The van der Waals surface area contributed by atoms with Gasteiger partial charge in [0, 0.05) is 11.8 Å². The van der Waals surface area contributed by atoms with Crippen LogP contribution in [-0.2, 0) is 0 Å². The quantitative estimate of drug-likeness (QED) is 0.648. The van der Waals surface area contributed by atoms with Gasteiger partial charge >= 0.3 is 0 Å². The molecule has 0 aromatic rings. The molecule has 0 saturated carbocycles. The van der Waals surface area contributed by atoms with E-state index < -0.39 is 5.60 Å². The molecule has 0 aliphatic carbocycles. The van der Waals surface area contributed by atoms with Gasteiger partial charge in [0.05, 0.1) is 32.8 Å². The molecule has 2 heteroatoms. The number of aliphatic hydroxyl groups is 1. The first-order valence-electron chi connectivity index (χ1n) is 5.24. The Morgan fingerprint density at radius 2 is 1.85 bits per heavy atom. The van der Waals surface area contributed by atoms with Crippen LogP contribution in [0, 0.1) is 11.8 Å². The second kappa shape index (κ2) is 3.25. The van der Waals surface area contributed by atoms with Gasteiger partial charge in [0.25, 0.3) is 0 Å². The third kappa shape index (κ3) is 3.28. The van der Waals surface area contributed by atoms with E-state index in [0.29, 0.717) is 5.92 Å². The molecule has 0 amide bonds. The lowest BCUT2D eigenvalue weighted by Crippen LogP contribution is -2.37. The van der Waals surface area contributed by atoms with E-state index in [9.17, 15) is 5.11 Å². The zero-order valence-corrected chi connectivity index (χ0v) is 9.67. The summed E-state index contributed by atoms with van der Waals surface area (Å²) in [5.74, 6) is 1.44. The summed E-state index contributed by atoms with van der Waals surface area (Å²) in [6, 6.07) is 0. The van der Waals surface area contributed by atoms with Gasteiger partial charge in [-0.05, 0) is 20.3 Å². The van der Waals surface area contributed by atoms with Crippen LogP contribution in [0.25, 0.3) is 0 Å². The van der Waals surface area contributed by atoms with Crippen molar-refractivity contribution in [3.63, 3.8) is 0 Å². The number of nitrogens with zero attached hydrogens (tertiary/aromatic N) is 1. The highest BCUT2D eigenvalue weighted by atomic mass is 16.3. The molecule has 1 fully saturated rings. The molecule has 78 valence electrons. The molecule has 0 radical (unpaired) electrons. The Hall–Kier alpha value is -0.0800. The third-order valence-electron chi connectivity index (χ3n) is 3.08. The molecule has 13 heavy (non-hydrogen) atoms. The largest absolute Gasteiger partial charge is 0.390 e. The van der Waals surface area contributed by atoms with E-state index >= 15 is 0 Å². The second-order valence-corrected chi connectivity index (χ2v) is 6.05. The van der Waals surface area contributed by atoms with Crippen molar-refractivity contribution in [2.24, 2.45) is 11.8 Å². The van der Waals surface area contributed by atoms with Gasteiger partial charge in [-0.15, -0.1) is 0 Å². The molecule has 2 nitrogen and oxygen atoms in total. The monoisotopic (exact) mass is 186 g/mol. The van der Waals surface area contributed by atoms with Crippen LogP contribution in [0.4, 0.5) is 0 Å². The number of hydrogen-bond acceptors (Lipinski definition) is 1. The van der Waals surface area contributed by atoms with E-state index in [0.717, 1.165) is 16.8 Å². The van der Waals surface area contributed by atoms with Crippen LogP contribution in [-0.4, -0.2) is 42.4 Å². The molecule has 2 atom stereocenters. The van der Waals surface area contributed by atoms with E-state index in [1.807, 2.05) is 13.8 Å². The Morgan fingerprint density at radius 3 is 2.15 bits per heavy atom. The molecule has 0 aromatic carbocycles. The fourth-order valence-corrected chi connectivity index (χ4v) is 2.73. The summed E-state index contributed by atoms with van der Waals surface area (Å²) >= 11 is 0. The SMILES string of the molecule is C[C@H]1C[N+](C)(C)C[C@@H]1CC(C)(C)O. The molecule has 0 spiro atoms. The first kappa shape index (κ1) is 11.0. The maximum Gasteiger partial charge on any atom is 0.0817 e. The van der Waals surface area contributed by atoms with Crippen molar-refractivity contribution in [1.82, 2.24) is 0 Å². The van der Waals surface area contributed by atoms with Crippen molar-refractivity contribution in [3.8, 4) is 0 Å². The van der Waals surface area contributed by atoms with E-state index in [1.165, 1.54) is 13.1 Å². The van der Waals surface area contributed by atoms with Gasteiger partial charge in [0.15, 0.2) is 0 Å². The van der Waals surface area contributed by atoms with E-state index in [2.05, 4.69) is 21.0 Å². The smallest absolute Gasteiger partial charge is 0.0817 e. The standard InChI is InChI=1S/C11H24NO/c1-9-7-12(4,5)8-10(9)6-11(2,3)13/h9-10,13H,6-8H2,1-5H3/q+1/t9-,10-/m0/s1. The summed E-state index contributed by atoms with van der Waals surface area (Å²) in [6.07, 6.45) is 0.940. The van der Waals surface area contributed by atoms with Crippen molar-refractivity contribution >= 4 is 0 Å². The van der Waals surface area contributed by atoms with Crippen LogP contribution < -0.4 is 0 Å². The lowest BCUT2D eigenvalue weighted by molar-refractivity contribution is -0.880. The van der Waals surface area contributed by atoms with Crippen LogP contribution in [0.1, 0.15) is 27.2 Å². The Balaban J connectivity index is 2.54. The fraction of sp³-hybridized carbons (Fsp3) is 1.00. The molecule has 1 saturated heterocycles. The minimum absolute atomic E-state index is 0.497. The van der Waals surface area contributed by atoms with Crippen molar-refractivity contribution in [2.75, 3.05) is 27.2 Å². The molecule has 1 rings (SSSR count). The normalized spacial score (nSPS) is 33.7. The van der Waals surface area contributed by atoms with Crippen molar-refractivity contribution in [3.05, 3.63) is 0 Å². The topological polar surface area (TPSA) is 20.2 Å². The molecule has 1 N–H and O–H groups in total. The fourth-order valence-electron chi connectivity index (χ4n) is 2.73. The molecule has 1 heterocycles. The Morgan fingerprint density at radius 1 is 1.31 bits per heavy atom. The van der Waals surface area contributed by atoms with Crippen molar-refractivity contribution in [2.45, 2.75) is 32.8 Å². The molecule has 0 bridgehead atoms. The van der Waals surface area contributed by atoms with Gasteiger partial charge in [-0.3, -0.25) is 0 Å². The Bertz CT molecular complexity index is 181. The van der Waals surface area contributed by atoms with Crippen LogP contribution in [0.15, 0.2) is 0 Å². The minimum atomic E-state index is -0.497. The average molecular weight is 186 g/mol. The molecule has 0 unspecified atom stereocenters. The van der Waals surface area contributed by atoms with Gasteiger partial charge in [-0.2, -0.15) is 0 Å². The number of quaternary nitrogens is 1. The zero-order chi connectivity index (χ0) is 10.3. The molecule has 1 aliphatic rings. The highest BCUT2D eigenvalue weighted by molar-refractivity contribution is 4.79. The summed E-state index contributed by atoms with van der Waals surface area (Å²) in [7, 11) is 4.56. The lowest BCUT2D eigenvalue weighted by atomic mass is 9.87. The second-order valence-electron chi connectivity index (χ2n) is 6.05. The molecule has 1 aliphatic heterocycles. The predicted molar refractivity (Wildman–Crippen MR) is 55.4 cm³/mol. The number of hydrogen-bond donors (Lipinski definition) is 1. The number of rotatable bonds is 2. The maximum atomic E-state index is 9.76. The summed E-state index contributed by atoms with van der Waals surface area (Å²) in [5.41, 5.74) is -0.497. The zero-order valence-electron chi connectivity index (χ0n) is 9.67. The van der Waals surface area contributed by atoms with Gasteiger partial charge in [0.2, 0.25) is 0 Å². The maximum absolute atomic E-state index is 9.76. The van der Waals surface area contributed by atoms with E-state index in [4.69, 9.17) is 0 Å². The summed E-state index contributed by atoms with van der Waals surface area (Å²) in [6.45, 7) is 8.60. The molecular formula is C11H24NO+. The van der Waals surface area contributed by atoms with Gasteiger partial charge in [-0.1, -0.05) is 6.92 Å². The van der Waals surface area contributed by atoms with Crippen molar-refractivity contribution in [1.29, 1.82) is 0 Å². The van der Waals surface area contributed by atoms with Gasteiger partial charge in [-0.25, -0.2) is 0 Å². The average Bonchev–Trinajstić information content (AvgIpc) is 2.00. The highest BCUT2D eigenvalue weighted by Gasteiger charge is 2.39. The molecule has 0 aromatic heterocycles. The summed E-state index contributed by atoms with van der Waals surface area (Å²) in [5, 5.41) is 9.76. The van der Waals surface area contributed by atoms with Crippen LogP contribution in [0.5, 0.6) is 0 Å². The Labute approximate surface area is 82.1 Å². The lowest BCUT2D eigenvalue weighted by Gasteiger charge is -2.25. The Kier molecular flexibility index (Phi) is 2.75. The van der Waals surface area contributed by atoms with E-state index in [-0.39, 0.29) is 0 Å². The summed E-state index contributed by atoms with van der Waals surface area (Å²) < 4.78 is 1.11. The summed E-state index contributed by atoms with van der Waals surface area (Å²) in [4.78, 5) is 0. The van der Waals surface area contributed by atoms with Crippen LogP contribution >= 0.6 is 0 Å². The van der Waals surface area contributed by atoms with Gasteiger partial charge in [0.1, 0.15) is 0 Å². The minimum Gasteiger partial charge on any atom is -0.390 e. The number of likely N-dealkylation sites (tertiary alicyclic amines) is 1.